The molecule has 2 aromatic heterocycles. The Morgan fingerprint density at radius 2 is 2.15 bits per heavy atom. The summed E-state index contributed by atoms with van der Waals surface area (Å²) in [4.78, 5) is 13.3. The fourth-order valence-electron chi connectivity index (χ4n) is 3.28. The highest BCUT2D eigenvalue weighted by molar-refractivity contribution is 5.23. The van der Waals surface area contributed by atoms with Gasteiger partial charge in [-0.2, -0.15) is 5.10 Å². The molecule has 3 rings (SSSR count). The molecule has 1 fully saturated rings. The van der Waals surface area contributed by atoms with Crippen molar-refractivity contribution in [2.24, 2.45) is 5.92 Å². The zero-order chi connectivity index (χ0) is 18.5. The van der Waals surface area contributed by atoms with Gasteiger partial charge in [0.05, 0.1) is 12.2 Å². The lowest BCUT2D eigenvalue weighted by Gasteiger charge is -2.18. The summed E-state index contributed by atoms with van der Waals surface area (Å²) in [5, 5.41) is 4.36. The monoisotopic (exact) mass is 358 g/mol. The maximum absolute atomic E-state index is 6.20. The first-order valence-corrected chi connectivity index (χ1v) is 9.35. The fourth-order valence-corrected chi connectivity index (χ4v) is 3.28. The van der Waals surface area contributed by atoms with Crippen LogP contribution < -0.4 is 4.74 Å². The number of hydrogen-bond acceptors (Lipinski definition) is 6. The van der Waals surface area contributed by atoms with Gasteiger partial charge >= 0.3 is 0 Å². The third-order valence-corrected chi connectivity index (χ3v) is 4.40. The van der Waals surface area contributed by atoms with Crippen LogP contribution in [0.15, 0.2) is 24.7 Å². The summed E-state index contributed by atoms with van der Waals surface area (Å²) in [7, 11) is 4.09. The highest BCUT2D eigenvalue weighted by atomic mass is 16.5. The molecule has 1 aliphatic heterocycles. The minimum absolute atomic E-state index is 0.214. The average molecular weight is 358 g/mol. The van der Waals surface area contributed by atoms with Crippen molar-refractivity contribution in [2.75, 3.05) is 27.2 Å². The molecule has 7 heteroatoms. The van der Waals surface area contributed by atoms with Crippen LogP contribution in [0.1, 0.15) is 31.8 Å². The summed E-state index contributed by atoms with van der Waals surface area (Å²) in [6, 6.07) is 3.99. The summed E-state index contributed by atoms with van der Waals surface area (Å²) in [6.45, 7) is 8.90. The Labute approximate surface area is 156 Å². The number of aromatic nitrogens is 4. The molecule has 2 aromatic rings. The normalized spacial score (nSPS) is 18.2. The van der Waals surface area contributed by atoms with E-state index in [1.807, 2.05) is 37.1 Å². The van der Waals surface area contributed by atoms with Crippen molar-refractivity contribution in [1.82, 2.24) is 29.5 Å². The molecule has 0 N–H and O–H groups in total. The predicted octanol–water partition coefficient (Wildman–Crippen LogP) is 2.04. The van der Waals surface area contributed by atoms with E-state index in [2.05, 4.69) is 38.7 Å². The third kappa shape index (κ3) is 5.25. The van der Waals surface area contributed by atoms with E-state index in [1.165, 1.54) is 0 Å². The summed E-state index contributed by atoms with van der Waals surface area (Å²) in [6.07, 6.45) is 4.73. The molecule has 0 spiro atoms. The lowest BCUT2D eigenvalue weighted by atomic mass is 10.2. The summed E-state index contributed by atoms with van der Waals surface area (Å²) < 4.78 is 8.22. The average Bonchev–Trinajstić information content (AvgIpc) is 3.17. The van der Waals surface area contributed by atoms with Crippen LogP contribution in [0, 0.1) is 5.92 Å². The highest BCUT2D eigenvalue weighted by Crippen LogP contribution is 2.20. The Hall–Kier alpha value is -1.99. The van der Waals surface area contributed by atoms with Crippen LogP contribution in [0.4, 0.5) is 0 Å². The van der Waals surface area contributed by atoms with Gasteiger partial charge in [0.2, 0.25) is 0 Å². The second-order valence-electron chi connectivity index (χ2n) is 7.74. The Morgan fingerprint density at radius 3 is 2.92 bits per heavy atom. The summed E-state index contributed by atoms with van der Waals surface area (Å²) in [5.41, 5.74) is 1.03. The Kier molecular flexibility index (Phi) is 6.21. The van der Waals surface area contributed by atoms with Crippen molar-refractivity contribution in [1.29, 1.82) is 0 Å². The first kappa shape index (κ1) is 18.8. The van der Waals surface area contributed by atoms with E-state index in [9.17, 15) is 0 Å². The number of likely N-dealkylation sites (tertiary alicyclic amines) is 1. The molecule has 0 radical (unpaired) electrons. The van der Waals surface area contributed by atoms with Gasteiger partial charge in [0.25, 0.3) is 0 Å². The van der Waals surface area contributed by atoms with Crippen molar-refractivity contribution in [3.8, 4) is 5.75 Å². The molecule has 3 heterocycles. The first-order chi connectivity index (χ1) is 12.5. The van der Waals surface area contributed by atoms with Crippen LogP contribution in [0.25, 0.3) is 0 Å². The van der Waals surface area contributed by atoms with Crippen molar-refractivity contribution in [3.63, 3.8) is 0 Å². The first-order valence-electron chi connectivity index (χ1n) is 9.35. The van der Waals surface area contributed by atoms with Crippen LogP contribution in [-0.4, -0.2) is 62.8 Å². The molecule has 0 saturated carbocycles. The highest BCUT2D eigenvalue weighted by Gasteiger charge is 2.25. The quantitative estimate of drug-likeness (QED) is 0.720. The molecule has 1 unspecified atom stereocenters. The molecule has 0 aliphatic carbocycles. The minimum atomic E-state index is 0.214. The zero-order valence-corrected chi connectivity index (χ0v) is 16.3. The molecular formula is C19H30N6O. The Balaban J connectivity index is 1.54. The molecule has 0 amide bonds. The van der Waals surface area contributed by atoms with E-state index in [0.29, 0.717) is 5.92 Å². The van der Waals surface area contributed by atoms with Crippen LogP contribution in [0.3, 0.4) is 0 Å². The maximum atomic E-state index is 6.20. The van der Waals surface area contributed by atoms with Gasteiger partial charge in [0.1, 0.15) is 24.0 Å². The van der Waals surface area contributed by atoms with Gasteiger partial charge in [0, 0.05) is 38.4 Å². The Bertz CT molecular complexity index is 699. The van der Waals surface area contributed by atoms with E-state index in [4.69, 9.17) is 4.74 Å². The smallest absolute Gasteiger partial charge is 0.141 e. The van der Waals surface area contributed by atoms with Gasteiger partial charge in [-0.3, -0.25) is 9.88 Å². The standard InChI is InChI=1S/C19H30N6O/c1-15(2)10-25-19(21-14-22-25)13-24-8-6-18(12-24)26-17-5-7-20-16(9-17)11-23(3)4/h5,7,9,14-15,18H,6,8,10-13H2,1-4H3. The fraction of sp³-hybridized carbons (Fsp3) is 0.632. The van der Waals surface area contributed by atoms with Gasteiger partial charge in [-0.1, -0.05) is 13.8 Å². The topological polar surface area (TPSA) is 59.3 Å². The van der Waals surface area contributed by atoms with E-state index in [0.717, 1.165) is 56.4 Å². The summed E-state index contributed by atoms with van der Waals surface area (Å²) in [5.74, 6) is 2.51. The second kappa shape index (κ2) is 8.60. The van der Waals surface area contributed by atoms with Gasteiger partial charge in [-0.25, -0.2) is 9.67 Å². The van der Waals surface area contributed by atoms with Crippen LogP contribution in [-0.2, 0) is 19.6 Å². The van der Waals surface area contributed by atoms with Crippen LogP contribution >= 0.6 is 0 Å². The van der Waals surface area contributed by atoms with Crippen molar-refractivity contribution in [3.05, 3.63) is 36.2 Å². The lowest BCUT2D eigenvalue weighted by molar-refractivity contribution is 0.195. The third-order valence-electron chi connectivity index (χ3n) is 4.40. The van der Waals surface area contributed by atoms with E-state index >= 15 is 0 Å². The van der Waals surface area contributed by atoms with Crippen molar-refractivity contribution < 1.29 is 4.74 Å². The zero-order valence-electron chi connectivity index (χ0n) is 16.3. The summed E-state index contributed by atoms with van der Waals surface area (Å²) >= 11 is 0. The lowest BCUT2D eigenvalue weighted by Crippen LogP contribution is -2.26. The van der Waals surface area contributed by atoms with Gasteiger partial charge in [0.15, 0.2) is 0 Å². The van der Waals surface area contributed by atoms with Crippen molar-refractivity contribution in [2.45, 2.75) is 46.0 Å². The van der Waals surface area contributed by atoms with Gasteiger partial charge < -0.3 is 9.64 Å². The number of ether oxygens (including phenoxy) is 1. The predicted molar refractivity (Wildman–Crippen MR) is 101 cm³/mol. The molecule has 26 heavy (non-hydrogen) atoms. The molecule has 7 nitrogen and oxygen atoms in total. The largest absolute Gasteiger partial charge is 0.489 e. The van der Waals surface area contributed by atoms with Crippen LogP contribution in [0.5, 0.6) is 5.75 Å². The maximum Gasteiger partial charge on any atom is 0.141 e. The van der Waals surface area contributed by atoms with E-state index < -0.39 is 0 Å². The molecule has 0 bridgehead atoms. The minimum Gasteiger partial charge on any atom is -0.489 e. The SMILES string of the molecule is CC(C)Cn1ncnc1CN1CCC(Oc2ccnc(CN(C)C)c2)C1. The number of nitrogens with zero attached hydrogens (tertiary/aromatic N) is 6. The van der Waals surface area contributed by atoms with E-state index in [-0.39, 0.29) is 6.10 Å². The molecule has 1 atom stereocenters. The van der Waals surface area contributed by atoms with Crippen molar-refractivity contribution >= 4 is 0 Å². The number of rotatable bonds is 8. The van der Waals surface area contributed by atoms with Gasteiger partial charge in [-0.05, 0) is 32.5 Å². The molecular weight excluding hydrogens is 328 g/mol. The number of pyridine rings is 1. The van der Waals surface area contributed by atoms with Gasteiger partial charge in [-0.15, -0.1) is 0 Å². The Morgan fingerprint density at radius 1 is 1.31 bits per heavy atom. The molecule has 142 valence electrons. The van der Waals surface area contributed by atoms with E-state index in [1.54, 1.807) is 6.33 Å². The number of hydrogen-bond donors (Lipinski definition) is 0. The second-order valence-corrected chi connectivity index (χ2v) is 7.74. The molecule has 0 aromatic carbocycles. The van der Waals surface area contributed by atoms with Crippen LogP contribution in [0.2, 0.25) is 0 Å². The molecule has 1 aliphatic rings. The molecule has 1 saturated heterocycles.